The molecule has 1 unspecified atom stereocenters. The maximum Gasteiger partial charge on any atom is 0.410 e. The van der Waals surface area contributed by atoms with Crippen molar-refractivity contribution < 1.29 is 33.3 Å². The van der Waals surface area contributed by atoms with Crippen molar-refractivity contribution in [1.29, 1.82) is 0 Å². The van der Waals surface area contributed by atoms with Crippen LogP contribution in [0.3, 0.4) is 0 Å². The standard InChI is InChI=1S/C22H23NO8/c1-22(2)23(21(26)27)15(13-30-22)9-10-16-11-17(24)18(19(31-16)20(25)28-3)29-12-14-7-5-4-6-8-14/h4-11,15H,12-13H2,1-3H3,(H,26,27)/b10-9+. The highest BCUT2D eigenvalue weighted by molar-refractivity contribution is 5.89. The average molecular weight is 429 g/mol. The Hall–Kier alpha value is -3.59. The predicted molar refractivity (Wildman–Crippen MR) is 110 cm³/mol. The molecule has 0 aliphatic carbocycles. The lowest BCUT2D eigenvalue weighted by Gasteiger charge is -2.29. The van der Waals surface area contributed by atoms with Gasteiger partial charge in [0.2, 0.25) is 11.2 Å². The molecule has 0 saturated carbocycles. The fourth-order valence-electron chi connectivity index (χ4n) is 3.23. The second kappa shape index (κ2) is 9.05. The summed E-state index contributed by atoms with van der Waals surface area (Å²) >= 11 is 0. The number of esters is 1. The van der Waals surface area contributed by atoms with E-state index < -0.39 is 29.3 Å². The summed E-state index contributed by atoms with van der Waals surface area (Å²) in [6, 6.07) is 9.70. The fraction of sp³-hybridized carbons (Fsp3) is 0.318. The molecule has 3 rings (SSSR count). The second-order valence-corrected chi connectivity index (χ2v) is 7.27. The number of amides is 1. The molecule has 164 valence electrons. The summed E-state index contributed by atoms with van der Waals surface area (Å²) in [5.41, 5.74) is -0.756. The van der Waals surface area contributed by atoms with Crippen LogP contribution in [0.2, 0.25) is 0 Å². The zero-order valence-electron chi connectivity index (χ0n) is 17.4. The summed E-state index contributed by atoms with van der Waals surface area (Å²) < 4.78 is 21.3. The van der Waals surface area contributed by atoms with Crippen molar-refractivity contribution in [2.45, 2.75) is 32.2 Å². The van der Waals surface area contributed by atoms with E-state index in [0.717, 1.165) is 23.6 Å². The first-order valence-corrected chi connectivity index (χ1v) is 9.50. The Morgan fingerprint density at radius 2 is 2.00 bits per heavy atom. The van der Waals surface area contributed by atoms with Crippen molar-refractivity contribution in [1.82, 2.24) is 4.90 Å². The van der Waals surface area contributed by atoms with Crippen molar-refractivity contribution >= 4 is 18.1 Å². The van der Waals surface area contributed by atoms with Crippen LogP contribution in [-0.4, -0.2) is 47.6 Å². The van der Waals surface area contributed by atoms with E-state index in [0.29, 0.717) is 0 Å². The zero-order chi connectivity index (χ0) is 22.6. The molecule has 1 N–H and O–H groups in total. The lowest BCUT2D eigenvalue weighted by molar-refractivity contribution is -0.0409. The molecule has 1 aromatic carbocycles. The van der Waals surface area contributed by atoms with Gasteiger partial charge in [-0.1, -0.05) is 36.4 Å². The monoisotopic (exact) mass is 429 g/mol. The smallest absolute Gasteiger partial charge is 0.410 e. The topological polar surface area (TPSA) is 116 Å². The molecule has 9 heteroatoms. The quantitative estimate of drug-likeness (QED) is 0.697. The minimum atomic E-state index is -1.14. The molecular formula is C22H23NO8. The van der Waals surface area contributed by atoms with Crippen LogP contribution in [0.5, 0.6) is 5.75 Å². The van der Waals surface area contributed by atoms with Crippen LogP contribution in [0.4, 0.5) is 4.79 Å². The summed E-state index contributed by atoms with van der Waals surface area (Å²) in [5.74, 6) is -1.45. The molecule has 0 bridgehead atoms. The summed E-state index contributed by atoms with van der Waals surface area (Å²) in [6.45, 7) is 3.49. The third-order valence-electron chi connectivity index (χ3n) is 4.73. The number of carbonyl (C=O) groups is 2. The SMILES string of the molecule is COC(=O)c1oc(/C=C/C2COC(C)(C)N2C(=O)O)cc(=O)c1OCc1ccccc1. The minimum Gasteiger partial charge on any atom is -0.481 e. The van der Waals surface area contributed by atoms with Gasteiger partial charge in [-0.3, -0.25) is 9.69 Å². The number of methoxy groups -OCH3 is 1. The van der Waals surface area contributed by atoms with Gasteiger partial charge in [0.25, 0.3) is 5.76 Å². The van der Waals surface area contributed by atoms with E-state index in [4.69, 9.17) is 18.6 Å². The third-order valence-corrected chi connectivity index (χ3v) is 4.73. The fourth-order valence-corrected chi connectivity index (χ4v) is 3.23. The molecule has 0 radical (unpaired) electrons. The Bertz CT molecular complexity index is 1040. The number of hydrogen-bond donors (Lipinski definition) is 1. The normalized spacial score (nSPS) is 17.6. The van der Waals surface area contributed by atoms with E-state index in [1.165, 1.54) is 12.2 Å². The molecule has 1 aliphatic rings. The highest BCUT2D eigenvalue weighted by atomic mass is 16.5. The maximum atomic E-state index is 12.6. The van der Waals surface area contributed by atoms with Crippen molar-refractivity contribution in [3.8, 4) is 5.75 Å². The van der Waals surface area contributed by atoms with Crippen LogP contribution in [0.1, 0.15) is 35.7 Å². The Morgan fingerprint density at radius 3 is 2.65 bits per heavy atom. The number of carbonyl (C=O) groups excluding carboxylic acids is 1. The van der Waals surface area contributed by atoms with Gasteiger partial charge in [0, 0.05) is 6.07 Å². The van der Waals surface area contributed by atoms with Gasteiger partial charge in [-0.15, -0.1) is 0 Å². The maximum absolute atomic E-state index is 12.6. The van der Waals surface area contributed by atoms with Crippen molar-refractivity contribution in [3.05, 3.63) is 69.8 Å². The highest BCUT2D eigenvalue weighted by Gasteiger charge is 2.42. The number of benzene rings is 1. The van der Waals surface area contributed by atoms with Gasteiger partial charge in [0.1, 0.15) is 18.1 Å². The first kappa shape index (κ1) is 22.1. The number of ether oxygens (including phenoxy) is 3. The molecule has 1 aromatic heterocycles. The summed E-state index contributed by atoms with van der Waals surface area (Å²) in [7, 11) is 1.16. The Labute approximate surface area is 178 Å². The van der Waals surface area contributed by atoms with Crippen LogP contribution in [0.15, 0.2) is 51.7 Å². The molecule has 1 fully saturated rings. The van der Waals surface area contributed by atoms with Crippen molar-refractivity contribution in [2.24, 2.45) is 0 Å². The summed E-state index contributed by atoms with van der Waals surface area (Å²) in [6.07, 6.45) is 1.81. The van der Waals surface area contributed by atoms with Gasteiger partial charge in [-0.05, 0) is 25.5 Å². The van der Waals surface area contributed by atoms with Crippen LogP contribution in [0, 0.1) is 0 Å². The average Bonchev–Trinajstić information content (AvgIpc) is 3.05. The Morgan fingerprint density at radius 1 is 1.29 bits per heavy atom. The molecule has 31 heavy (non-hydrogen) atoms. The minimum absolute atomic E-state index is 0.0486. The Kier molecular flexibility index (Phi) is 6.45. The van der Waals surface area contributed by atoms with E-state index in [1.54, 1.807) is 13.8 Å². The first-order valence-electron chi connectivity index (χ1n) is 9.50. The van der Waals surface area contributed by atoms with E-state index in [2.05, 4.69) is 0 Å². The number of hydrogen-bond acceptors (Lipinski definition) is 7. The van der Waals surface area contributed by atoms with E-state index in [-0.39, 0.29) is 30.5 Å². The molecule has 1 saturated heterocycles. The van der Waals surface area contributed by atoms with Crippen molar-refractivity contribution in [3.63, 3.8) is 0 Å². The van der Waals surface area contributed by atoms with Gasteiger partial charge in [0.15, 0.2) is 0 Å². The van der Waals surface area contributed by atoms with Crippen LogP contribution >= 0.6 is 0 Å². The van der Waals surface area contributed by atoms with E-state index in [1.807, 2.05) is 30.3 Å². The highest BCUT2D eigenvalue weighted by Crippen LogP contribution is 2.28. The summed E-state index contributed by atoms with van der Waals surface area (Å²) in [5, 5.41) is 9.46. The molecule has 1 aliphatic heterocycles. The van der Waals surface area contributed by atoms with Gasteiger partial charge in [-0.25, -0.2) is 9.59 Å². The zero-order valence-corrected chi connectivity index (χ0v) is 17.4. The van der Waals surface area contributed by atoms with Gasteiger partial charge in [0.05, 0.1) is 19.8 Å². The summed E-state index contributed by atoms with van der Waals surface area (Å²) in [4.78, 5) is 37.5. The number of rotatable bonds is 6. The van der Waals surface area contributed by atoms with Gasteiger partial charge >= 0.3 is 12.1 Å². The van der Waals surface area contributed by atoms with E-state index in [9.17, 15) is 19.5 Å². The van der Waals surface area contributed by atoms with Gasteiger partial charge < -0.3 is 23.7 Å². The molecule has 1 amide bonds. The first-order chi connectivity index (χ1) is 14.7. The molecule has 0 spiro atoms. The largest absolute Gasteiger partial charge is 0.481 e. The predicted octanol–water partition coefficient (Wildman–Crippen LogP) is 3.13. The second-order valence-electron chi connectivity index (χ2n) is 7.27. The van der Waals surface area contributed by atoms with E-state index >= 15 is 0 Å². The van der Waals surface area contributed by atoms with Gasteiger partial charge in [-0.2, -0.15) is 0 Å². The molecule has 1 atom stereocenters. The van der Waals surface area contributed by atoms with Crippen molar-refractivity contribution in [2.75, 3.05) is 13.7 Å². The Balaban J connectivity index is 1.88. The van der Waals surface area contributed by atoms with Crippen LogP contribution < -0.4 is 10.2 Å². The molecule has 2 aromatic rings. The number of nitrogens with zero attached hydrogens (tertiary/aromatic N) is 1. The van der Waals surface area contributed by atoms with Crippen LogP contribution in [0.25, 0.3) is 6.08 Å². The number of carboxylic acid groups (broad SMARTS) is 1. The molecule has 2 heterocycles. The lowest BCUT2D eigenvalue weighted by atomic mass is 10.2. The van der Waals surface area contributed by atoms with Crippen LogP contribution in [-0.2, 0) is 16.1 Å². The molecule has 9 nitrogen and oxygen atoms in total. The molecular weight excluding hydrogens is 406 g/mol. The third kappa shape index (κ3) is 4.95. The lowest BCUT2D eigenvalue weighted by Crippen LogP contribution is -2.46.